The number of alkyl halides is 1. The van der Waals surface area contributed by atoms with Crippen molar-refractivity contribution in [2.45, 2.75) is 43.1 Å². The highest BCUT2D eigenvalue weighted by Gasteiger charge is 2.34. The average molecular weight is 278 g/mol. The largest absolute Gasteiger partial charge is 0.281 e. The first kappa shape index (κ1) is 12.9. The third-order valence-electron chi connectivity index (χ3n) is 3.38. The fourth-order valence-corrected chi connectivity index (χ4v) is 3.86. The van der Waals surface area contributed by atoms with E-state index in [2.05, 4.69) is 10.2 Å². The summed E-state index contributed by atoms with van der Waals surface area (Å²) in [5, 5.41) is 6.63. The lowest BCUT2D eigenvalue weighted by atomic mass is 9.94. The summed E-state index contributed by atoms with van der Waals surface area (Å²) in [6.07, 6.45) is 2.94. The molecule has 96 valence electrons. The number of aromatic amines is 1. The van der Waals surface area contributed by atoms with E-state index in [0.717, 1.165) is 19.3 Å². The third-order valence-corrected chi connectivity index (χ3v) is 5.53. The molecular formula is C10H16ClN3O2S. The number of hydrogen-bond donors (Lipinski definition) is 1. The van der Waals surface area contributed by atoms with Gasteiger partial charge in [0.05, 0.1) is 5.88 Å². The molecule has 1 N–H and O–H groups in total. The zero-order valence-electron chi connectivity index (χ0n) is 9.90. The first-order chi connectivity index (χ1) is 7.98. The van der Waals surface area contributed by atoms with E-state index >= 15 is 0 Å². The smallest absolute Gasteiger partial charge is 0.262 e. The molecule has 0 saturated heterocycles. The van der Waals surface area contributed by atoms with Gasteiger partial charge in [-0.05, 0) is 19.8 Å². The van der Waals surface area contributed by atoms with E-state index in [1.165, 1.54) is 4.31 Å². The molecule has 0 amide bonds. The highest BCUT2D eigenvalue weighted by molar-refractivity contribution is 7.89. The average Bonchev–Trinajstić information content (AvgIpc) is 2.57. The van der Waals surface area contributed by atoms with Crippen LogP contribution in [-0.4, -0.2) is 36.0 Å². The molecule has 5 nitrogen and oxygen atoms in total. The monoisotopic (exact) mass is 277 g/mol. The molecule has 1 aliphatic carbocycles. The van der Waals surface area contributed by atoms with Crippen molar-refractivity contribution in [3.8, 4) is 0 Å². The SMILES string of the molecule is Cc1[nH]nc(S(=O)(=O)N(C)C2CCC2)c1CCl. The Kier molecular flexibility index (Phi) is 3.47. The topological polar surface area (TPSA) is 66.1 Å². The molecule has 1 aromatic rings. The van der Waals surface area contributed by atoms with E-state index in [4.69, 9.17) is 11.6 Å². The lowest BCUT2D eigenvalue weighted by Crippen LogP contribution is -2.41. The molecule has 0 radical (unpaired) electrons. The molecule has 0 aromatic carbocycles. The van der Waals surface area contributed by atoms with Gasteiger partial charge < -0.3 is 0 Å². The molecular weight excluding hydrogens is 262 g/mol. The molecule has 0 spiro atoms. The predicted octanol–water partition coefficient (Wildman–Crippen LogP) is 1.63. The van der Waals surface area contributed by atoms with E-state index < -0.39 is 10.0 Å². The minimum absolute atomic E-state index is 0.0689. The first-order valence-electron chi connectivity index (χ1n) is 5.56. The van der Waals surface area contributed by atoms with Crippen molar-refractivity contribution in [3.05, 3.63) is 11.3 Å². The second-order valence-electron chi connectivity index (χ2n) is 4.37. The third kappa shape index (κ3) is 2.09. The maximum atomic E-state index is 12.3. The number of aromatic nitrogens is 2. The van der Waals surface area contributed by atoms with Crippen molar-refractivity contribution in [2.24, 2.45) is 0 Å². The van der Waals surface area contributed by atoms with Gasteiger partial charge in [-0.25, -0.2) is 8.42 Å². The molecule has 0 bridgehead atoms. The van der Waals surface area contributed by atoms with Crippen LogP contribution in [0.25, 0.3) is 0 Å². The number of nitrogens with one attached hydrogen (secondary N) is 1. The van der Waals surface area contributed by atoms with Crippen LogP contribution in [-0.2, 0) is 15.9 Å². The van der Waals surface area contributed by atoms with E-state index in [1.54, 1.807) is 14.0 Å². The van der Waals surface area contributed by atoms with Gasteiger partial charge in [-0.2, -0.15) is 9.40 Å². The zero-order chi connectivity index (χ0) is 12.6. The maximum Gasteiger partial charge on any atom is 0.262 e. The summed E-state index contributed by atoms with van der Waals surface area (Å²) in [7, 11) is -1.90. The number of nitrogens with zero attached hydrogens (tertiary/aromatic N) is 2. The summed E-state index contributed by atoms with van der Waals surface area (Å²) < 4.78 is 26.1. The molecule has 1 aliphatic rings. The highest BCUT2D eigenvalue weighted by Crippen LogP contribution is 2.29. The number of hydrogen-bond acceptors (Lipinski definition) is 3. The van der Waals surface area contributed by atoms with Gasteiger partial charge in [-0.3, -0.25) is 5.10 Å². The van der Waals surface area contributed by atoms with Crippen molar-refractivity contribution in [3.63, 3.8) is 0 Å². The minimum atomic E-state index is -3.51. The van der Waals surface area contributed by atoms with Gasteiger partial charge in [0.2, 0.25) is 0 Å². The molecule has 2 rings (SSSR count). The van der Waals surface area contributed by atoms with Crippen molar-refractivity contribution >= 4 is 21.6 Å². The number of halogens is 1. The van der Waals surface area contributed by atoms with Gasteiger partial charge in [0.1, 0.15) is 0 Å². The molecule has 17 heavy (non-hydrogen) atoms. The van der Waals surface area contributed by atoms with Gasteiger partial charge in [0.15, 0.2) is 5.03 Å². The van der Waals surface area contributed by atoms with Gasteiger partial charge in [0, 0.05) is 24.3 Å². The van der Waals surface area contributed by atoms with Crippen LogP contribution in [0.3, 0.4) is 0 Å². The molecule has 1 fully saturated rings. The fraction of sp³-hybridized carbons (Fsp3) is 0.700. The van der Waals surface area contributed by atoms with Crippen LogP contribution in [0.5, 0.6) is 0 Å². The van der Waals surface area contributed by atoms with E-state index in [-0.39, 0.29) is 16.9 Å². The Morgan fingerprint density at radius 3 is 2.65 bits per heavy atom. The van der Waals surface area contributed by atoms with E-state index in [9.17, 15) is 8.42 Å². The normalized spacial score (nSPS) is 17.4. The second-order valence-corrected chi connectivity index (χ2v) is 6.55. The van der Waals surface area contributed by atoms with Crippen LogP contribution in [0.15, 0.2) is 5.03 Å². The summed E-state index contributed by atoms with van der Waals surface area (Å²) in [5.41, 5.74) is 1.28. The summed E-state index contributed by atoms with van der Waals surface area (Å²) >= 11 is 5.77. The molecule has 0 unspecified atom stereocenters. The molecule has 1 saturated carbocycles. The number of rotatable bonds is 4. The number of sulfonamides is 1. The van der Waals surface area contributed by atoms with E-state index in [0.29, 0.717) is 11.3 Å². The quantitative estimate of drug-likeness (QED) is 0.851. The summed E-state index contributed by atoms with van der Waals surface area (Å²) in [5.74, 6) is 0.148. The van der Waals surface area contributed by atoms with Crippen LogP contribution < -0.4 is 0 Å². The molecule has 0 atom stereocenters. The zero-order valence-corrected chi connectivity index (χ0v) is 11.5. The van der Waals surface area contributed by atoms with Crippen molar-refractivity contribution < 1.29 is 8.42 Å². The van der Waals surface area contributed by atoms with Crippen molar-refractivity contribution in [2.75, 3.05) is 7.05 Å². The van der Waals surface area contributed by atoms with Gasteiger partial charge in [-0.1, -0.05) is 6.42 Å². The van der Waals surface area contributed by atoms with Gasteiger partial charge >= 0.3 is 0 Å². The summed E-state index contributed by atoms with van der Waals surface area (Å²) in [4.78, 5) is 0. The lowest BCUT2D eigenvalue weighted by molar-refractivity contribution is 0.249. The molecule has 1 aromatic heterocycles. The van der Waals surface area contributed by atoms with Crippen LogP contribution >= 0.6 is 11.6 Å². The molecule has 0 aliphatic heterocycles. The van der Waals surface area contributed by atoms with Crippen LogP contribution in [0, 0.1) is 6.92 Å². The first-order valence-corrected chi connectivity index (χ1v) is 7.53. The van der Waals surface area contributed by atoms with Crippen LogP contribution in [0.1, 0.15) is 30.5 Å². The van der Waals surface area contributed by atoms with Crippen LogP contribution in [0.4, 0.5) is 0 Å². The van der Waals surface area contributed by atoms with Crippen molar-refractivity contribution in [1.29, 1.82) is 0 Å². The Hall–Kier alpha value is -0.590. The Morgan fingerprint density at radius 2 is 2.18 bits per heavy atom. The lowest BCUT2D eigenvalue weighted by Gasteiger charge is -2.33. The maximum absolute atomic E-state index is 12.3. The predicted molar refractivity (Wildman–Crippen MR) is 65.5 cm³/mol. The summed E-state index contributed by atoms with van der Waals surface area (Å²) in [6, 6.07) is 0.111. The standard InChI is InChI=1S/C10H16ClN3O2S/c1-7-9(6-11)10(13-12-7)17(15,16)14(2)8-4-3-5-8/h8H,3-6H2,1-2H3,(H,12,13). The minimum Gasteiger partial charge on any atom is -0.281 e. The Bertz CT molecular complexity index is 508. The Morgan fingerprint density at radius 1 is 1.53 bits per heavy atom. The Labute approximate surface area is 106 Å². The highest BCUT2D eigenvalue weighted by atomic mass is 35.5. The molecule has 1 heterocycles. The fourth-order valence-electron chi connectivity index (χ4n) is 1.88. The molecule has 7 heteroatoms. The van der Waals surface area contributed by atoms with Crippen LogP contribution in [0.2, 0.25) is 0 Å². The number of H-pyrrole nitrogens is 1. The van der Waals surface area contributed by atoms with E-state index in [1.807, 2.05) is 0 Å². The second kappa shape index (κ2) is 4.59. The summed E-state index contributed by atoms with van der Waals surface area (Å²) in [6.45, 7) is 1.77. The van der Waals surface area contributed by atoms with Gasteiger partial charge in [0.25, 0.3) is 10.0 Å². The Balaban J connectivity index is 2.36. The number of aryl methyl sites for hydroxylation is 1. The van der Waals surface area contributed by atoms with Crippen molar-refractivity contribution in [1.82, 2.24) is 14.5 Å². The van der Waals surface area contributed by atoms with Gasteiger partial charge in [-0.15, -0.1) is 11.6 Å².